The summed E-state index contributed by atoms with van der Waals surface area (Å²) in [6.45, 7) is 5.71. The molecule has 5 amide bonds. The van der Waals surface area contributed by atoms with Gasteiger partial charge in [0.2, 0.25) is 17.7 Å². The zero-order valence-electron chi connectivity index (χ0n) is 32.4. The number of piperidine rings is 1. The summed E-state index contributed by atoms with van der Waals surface area (Å²) in [4.78, 5) is 80.7. The van der Waals surface area contributed by atoms with Crippen LogP contribution in [0, 0.1) is 5.82 Å². The summed E-state index contributed by atoms with van der Waals surface area (Å²) in [6, 6.07) is 20.3. The second kappa shape index (κ2) is 15.0. The van der Waals surface area contributed by atoms with Gasteiger partial charge in [-0.2, -0.15) is 0 Å². The predicted molar refractivity (Wildman–Crippen MR) is 216 cm³/mol. The molecular formula is C45H39FN8O5. The summed E-state index contributed by atoms with van der Waals surface area (Å²) in [5.41, 5.74) is 7.17. The first kappa shape index (κ1) is 37.5. The van der Waals surface area contributed by atoms with E-state index in [4.69, 9.17) is 9.97 Å². The van der Waals surface area contributed by atoms with Gasteiger partial charge in [0.15, 0.2) is 0 Å². The third kappa shape index (κ3) is 6.89. The maximum absolute atomic E-state index is 15.1. The molecule has 0 aliphatic carbocycles. The number of aromatic nitrogens is 4. The lowest BCUT2D eigenvalue weighted by Gasteiger charge is -2.29. The average Bonchev–Trinajstić information content (AvgIpc) is 3.79. The van der Waals surface area contributed by atoms with E-state index in [0.29, 0.717) is 53.1 Å². The molecule has 1 atom stereocenters. The van der Waals surface area contributed by atoms with Gasteiger partial charge in [-0.25, -0.2) is 9.37 Å². The van der Waals surface area contributed by atoms with Crippen LogP contribution in [0.2, 0.25) is 0 Å². The fourth-order valence-corrected chi connectivity index (χ4v) is 8.45. The summed E-state index contributed by atoms with van der Waals surface area (Å²) in [5, 5.41) is 7.04. The van der Waals surface area contributed by atoms with Crippen LogP contribution < -0.4 is 10.6 Å². The van der Waals surface area contributed by atoms with Gasteiger partial charge in [0, 0.05) is 80.4 Å². The highest BCUT2D eigenvalue weighted by atomic mass is 19.1. The molecule has 59 heavy (non-hydrogen) atoms. The molecule has 3 aliphatic rings. The highest BCUT2D eigenvalue weighted by Crippen LogP contribution is 2.37. The van der Waals surface area contributed by atoms with Gasteiger partial charge in [0.1, 0.15) is 23.4 Å². The van der Waals surface area contributed by atoms with E-state index < -0.39 is 23.7 Å². The van der Waals surface area contributed by atoms with Gasteiger partial charge in [-0.15, -0.1) is 0 Å². The van der Waals surface area contributed by atoms with Crippen molar-refractivity contribution in [3.63, 3.8) is 0 Å². The topological polar surface area (TPSA) is 159 Å². The Hall–Kier alpha value is -7.09. The third-order valence-electron chi connectivity index (χ3n) is 11.5. The number of imide groups is 1. The molecule has 14 heteroatoms. The molecule has 3 aliphatic heterocycles. The zero-order chi connectivity index (χ0) is 40.9. The van der Waals surface area contributed by atoms with E-state index in [1.807, 2.05) is 35.4 Å². The monoisotopic (exact) mass is 790 g/mol. The van der Waals surface area contributed by atoms with Crippen molar-refractivity contribution >= 4 is 40.3 Å². The van der Waals surface area contributed by atoms with E-state index in [2.05, 4.69) is 27.1 Å². The molecule has 0 saturated carbocycles. The molecule has 1 saturated heterocycles. The van der Waals surface area contributed by atoms with Crippen molar-refractivity contribution in [3.05, 3.63) is 125 Å². The van der Waals surface area contributed by atoms with Gasteiger partial charge in [-0.1, -0.05) is 37.3 Å². The Morgan fingerprint density at radius 2 is 1.71 bits per heavy atom. The van der Waals surface area contributed by atoms with E-state index in [1.165, 1.54) is 17.0 Å². The van der Waals surface area contributed by atoms with Crippen LogP contribution in [0.25, 0.3) is 44.4 Å². The second-order valence-electron chi connectivity index (χ2n) is 15.1. The molecule has 0 bridgehead atoms. The maximum atomic E-state index is 15.1. The van der Waals surface area contributed by atoms with Gasteiger partial charge in [0.25, 0.3) is 11.8 Å². The molecule has 3 aromatic heterocycles. The fraction of sp³-hybridized carbons (Fsp3) is 0.244. The maximum Gasteiger partial charge on any atom is 0.270 e. The number of amides is 5. The molecule has 6 aromatic rings. The molecular weight excluding hydrogens is 752 g/mol. The zero-order valence-corrected chi connectivity index (χ0v) is 32.4. The first-order valence-corrected chi connectivity index (χ1v) is 19.6. The lowest BCUT2D eigenvalue weighted by molar-refractivity contribution is -0.137. The van der Waals surface area contributed by atoms with E-state index >= 15 is 4.39 Å². The Labute approximate surface area is 338 Å². The summed E-state index contributed by atoms with van der Waals surface area (Å²) in [7, 11) is 0. The summed E-state index contributed by atoms with van der Waals surface area (Å²) in [6.07, 6.45) is 4.58. The van der Waals surface area contributed by atoms with Crippen molar-refractivity contribution in [1.29, 1.82) is 0 Å². The number of hydrogen-bond acceptors (Lipinski definition) is 8. The number of imidazole rings is 1. The van der Waals surface area contributed by atoms with Crippen molar-refractivity contribution < 1.29 is 28.4 Å². The molecule has 1 unspecified atom stereocenters. The van der Waals surface area contributed by atoms with Crippen molar-refractivity contribution in [3.8, 4) is 33.6 Å². The van der Waals surface area contributed by atoms with E-state index in [-0.39, 0.29) is 49.3 Å². The van der Waals surface area contributed by atoms with Crippen LogP contribution in [-0.2, 0) is 47.0 Å². The molecule has 0 spiro atoms. The van der Waals surface area contributed by atoms with Gasteiger partial charge in [-0.05, 0) is 76.5 Å². The number of nitrogens with zero attached hydrogens (tertiary/aromatic N) is 6. The lowest BCUT2D eigenvalue weighted by Crippen LogP contribution is -2.52. The van der Waals surface area contributed by atoms with Crippen LogP contribution in [0.5, 0.6) is 0 Å². The molecule has 1 fully saturated rings. The number of pyridine rings is 2. The number of benzene rings is 3. The number of aryl methyl sites for hydroxylation is 1. The minimum Gasteiger partial charge on any atom is -0.347 e. The average molecular weight is 791 g/mol. The van der Waals surface area contributed by atoms with Gasteiger partial charge in [0.05, 0.1) is 23.6 Å². The van der Waals surface area contributed by atoms with Crippen LogP contribution in [0.3, 0.4) is 0 Å². The van der Waals surface area contributed by atoms with Gasteiger partial charge < -0.3 is 19.7 Å². The quantitative estimate of drug-likeness (QED) is 0.189. The minimum atomic E-state index is -0.769. The van der Waals surface area contributed by atoms with Crippen molar-refractivity contribution in [2.75, 3.05) is 6.54 Å². The van der Waals surface area contributed by atoms with Crippen LogP contribution in [0.15, 0.2) is 85.2 Å². The number of carbonyl (C=O) groups is 5. The largest absolute Gasteiger partial charge is 0.347 e. The number of fused-ring (bicyclic) bond motifs is 3. The fourth-order valence-electron chi connectivity index (χ4n) is 8.45. The molecule has 296 valence electrons. The molecule has 9 rings (SSSR count). The first-order chi connectivity index (χ1) is 28.6. The lowest BCUT2D eigenvalue weighted by atomic mass is 9.95. The normalized spacial score (nSPS) is 16.3. The summed E-state index contributed by atoms with van der Waals surface area (Å²) in [5.74, 6) is -1.11. The van der Waals surface area contributed by atoms with Gasteiger partial charge in [-0.3, -0.25) is 39.3 Å². The number of halogens is 1. The van der Waals surface area contributed by atoms with E-state index in [0.717, 1.165) is 45.5 Å². The van der Waals surface area contributed by atoms with Crippen LogP contribution >= 0.6 is 0 Å². The van der Waals surface area contributed by atoms with Crippen molar-refractivity contribution in [1.82, 2.24) is 40.0 Å². The highest BCUT2D eigenvalue weighted by molar-refractivity contribution is 6.06. The highest BCUT2D eigenvalue weighted by Gasteiger charge is 2.40. The molecule has 13 nitrogen and oxygen atoms in total. The van der Waals surface area contributed by atoms with Crippen LogP contribution in [0.1, 0.15) is 70.2 Å². The van der Waals surface area contributed by atoms with Crippen molar-refractivity contribution in [2.24, 2.45) is 0 Å². The predicted octanol–water partition coefficient (Wildman–Crippen LogP) is 5.58. The summed E-state index contributed by atoms with van der Waals surface area (Å²) < 4.78 is 17.3. The van der Waals surface area contributed by atoms with E-state index in [1.54, 1.807) is 49.5 Å². The number of carbonyl (C=O) groups excluding carboxylic acids is 5. The Morgan fingerprint density at radius 1 is 0.898 bits per heavy atom. The molecule has 6 heterocycles. The van der Waals surface area contributed by atoms with Crippen LogP contribution in [0.4, 0.5) is 4.39 Å². The van der Waals surface area contributed by atoms with E-state index in [9.17, 15) is 24.0 Å². The first-order valence-electron chi connectivity index (χ1n) is 19.6. The standard InChI is InChI=1S/C45H39FN8O5/c1-3-40-50-42(39-24-52(25(2)55)14-15-53(39)40)32-8-4-6-27-19-37(48-22-34(27)32)28-10-11-36(47-21-28)43(57)49-20-26-16-29(18-30(46)17-26)31-7-5-9-33-35(31)23-54(45(33)59)38-12-13-41(56)51-44(38)58/h4-11,16-19,21-22,38H,3,12-15,20,23-24H2,1-2H3,(H,49,57)(H,51,56,58). The number of hydrogen-bond donors (Lipinski definition) is 2. The van der Waals surface area contributed by atoms with Gasteiger partial charge >= 0.3 is 0 Å². The third-order valence-corrected chi connectivity index (χ3v) is 11.5. The molecule has 3 aromatic carbocycles. The minimum absolute atomic E-state index is 0.0183. The Bertz CT molecular complexity index is 2750. The Morgan fingerprint density at radius 3 is 2.49 bits per heavy atom. The summed E-state index contributed by atoms with van der Waals surface area (Å²) >= 11 is 0. The van der Waals surface area contributed by atoms with Crippen molar-refractivity contribution in [2.45, 2.75) is 65.3 Å². The molecule has 0 radical (unpaired) electrons. The Balaban J connectivity index is 0.900. The number of nitrogens with one attached hydrogen (secondary N) is 2. The second-order valence-corrected chi connectivity index (χ2v) is 15.1. The number of rotatable bonds is 8. The smallest absolute Gasteiger partial charge is 0.270 e. The SMILES string of the molecule is CCc1nc(-c2cccc3cc(-c4ccc(C(=O)NCc5cc(F)cc(-c6cccc7c6CN(C6CCC(=O)NC6=O)C7=O)c5)nc4)ncc23)c2n1CCN(C(C)=O)C2. The van der Waals surface area contributed by atoms with Crippen LogP contribution in [-0.4, -0.2) is 71.4 Å². The molecule has 2 N–H and O–H groups in total. The Kier molecular flexibility index (Phi) is 9.54.